The molecule has 1 aromatic rings. The smallest absolute Gasteiger partial charge is 0.0844 e. The molecule has 0 spiro atoms. The van der Waals surface area contributed by atoms with Crippen molar-refractivity contribution in [2.75, 3.05) is 0 Å². The van der Waals surface area contributed by atoms with Crippen molar-refractivity contribution in [2.45, 2.75) is 48.0 Å². The van der Waals surface area contributed by atoms with Crippen molar-refractivity contribution < 1.29 is 20.1 Å². The molecule has 0 amide bonds. The molecule has 2 heterocycles. The SMILES string of the molecule is CC(C)(C)C1(C(C)(C)C)C=CN=C(c2ccccn2)C1.[Ir]. The number of rotatable bonds is 1. The predicted molar refractivity (Wildman–Crippen MR) is 85.9 cm³/mol. The molecule has 0 saturated heterocycles. The molecule has 0 N–H and O–H groups in total. The van der Waals surface area contributed by atoms with E-state index in [0.717, 1.165) is 17.8 Å². The molecule has 0 fully saturated rings. The van der Waals surface area contributed by atoms with Gasteiger partial charge in [-0.05, 0) is 23.0 Å². The van der Waals surface area contributed by atoms with Gasteiger partial charge in [0.2, 0.25) is 0 Å². The Balaban J connectivity index is 0.00000220. The van der Waals surface area contributed by atoms with Crippen LogP contribution in [-0.2, 0) is 20.1 Å². The fourth-order valence-corrected chi connectivity index (χ4v) is 3.47. The normalized spacial score (nSPS) is 17.9. The molecule has 0 bridgehead atoms. The van der Waals surface area contributed by atoms with Crippen LogP contribution >= 0.6 is 0 Å². The minimum atomic E-state index is 0. The number of aromatic nitrogens is 1. The molecule has 0 aromatic carbocycles. The van der Waals surface area contributed by atoms with E-state index in [1.54, 1.807) is 0 Å². The van der Waals surface area contributed by atoms with Gasteiger partial charge >= 0.3 is 0 Å². The summed E-state index contributed by atoms with van der Waals surface area (Å²) in [6, 6.07) is 6.02. The number of hydrogen-bond acceptors (Lipinski definition) is 2. The van der Waals surface area contributed by atoms with Crippen LogP contribution in [0, 0.1) is 16.2 Å². The van der Waals surface area contributed by atoms with Crippen LogP contribution < -0.4 is 0 Å². The second kappa shape index (κ2) is 6.14. The van der Waals surface area contributed by atoms with Crippen molar-refractivity contribution in [1.29, 1.82) is 0 Å². The number of pyridine rings is 1. The van der Waals surface area contributed by atoms with E-state index in [-0.39, 0.29) is 36.4 Å². The third-order valence-corrected chi connectivity index (χ3v) is 4.67. The van der Waals surface area contributed by atoms with Gasteiger partial charge in [0.25, 0.3) is 0 Å². The molecule has 0 unspecified atom stereocenters. The maximum atomic E-state index is 4.60. The first-order valence-corrected chi connectivity index (χ1v) is 7.33. The largest absolute Gasteiger partial charge is 0.259 e. The van der Waals surface area contributed by atoms with Gasteiger partial charge in [0, 0.05) is 44.3 Å². The van der Waals surface area contributed by atoms with Crippen LogP contribution in [0.5, 0.6) is 0 Å². The number of hydrogen-bond donors (Lipinski definition) is 0. The third-order valence-electron chi connectivity index (χ3n) is 4.67. The standard InChI is InChI=1S/C18H26N2.Ir/c1-16(2,3)18(17(4,5)6)10-12-20-15(13-18)14-9-7-8-11-19-14;/h7-12H,13H2,1-6H3;. The summed E-state index contributed by atoms with van der Waals surface area (Å²) in [5.74, 6) is 0. The van der Waals surface area contributed by atoms with Crippen LogP contribution in [0.15, 0.2) is 41.7 Å². The molecule has 1 aliphatic rings. The van der Waals surface area contributed by atoms with E-state index in [0.29, 0.717) is 0 Å². The zero-order valence-corrected chi connectivity index (χ0v) is 16.3. The molecule has 21 heavy (non-hydrogen) atoms. The number of allylic oxidation sites excluding steroid dienone is 1. The molecular weight excluding hydrogens is 436 g/mol. The Kier molecular flexibility index (Phi) is 5.34. The first kappa shape index (κ1) is 18.3. The summed E-state index contributed by atoms with van der Waals surface area (Å²) < 4.78 is 0. The monoisotopic (exact) mass is 463 g/mol. The van der Waals surface area contributed by atoms with Crippen molar-refractivity contribution >= 4 is 5.71 Å². The van der Waals surface area contributed by atoms with Gasteiger partial charge in [-0.3, -0.25) is 9.98 Å². The Morgan fingerprint density at radius 1 is 1.00 bits per heavy atom. The zero-order valence-electron chi connectivity index (χ0n) is 13.9. The summed E-state index contributed by atoms with van der Waals surface area (Å²) in [7, 11) is 0. The summed E-state index contributed by atoms with van der Waals surface area (Å²) in [5, 5.41) is 0. The van der Waals surface area contributed by atoms with Gasteiger partial charge in [-0.1, -0.05) is 53.7 Å². The second-order valence-electron chi connectivity index (χ2n) is 7.75. The summed E-state index contributed by atoms with van der Waals surface area (Å²) >= 11 is 0. The van der Waals surface area contributed by atoms with Crippen molar-refractivity contribution in [3.63, 3.8) is 0 Å². The first-order chi connectivity index (χ1) is 9.17. The molecule has 0 aliphatic carbocycles. The molecule has 1 aromatic heterocycles. The minimum Gasteiger partial charge on any atom is -0.259 e. The van der Waals surface area contributed by atoms with E-state index in [1.807, 2.05) is 30.6 Å². The topological polar surface area (TPSA) is 25.2 Å². The van der Waals surface area contributed by atoms with Gasteiger partial charge in [-0.25, -0.2) is 0 Å². The van der Waals surface area contributed by atoms with E-state index in [2.05, 4.69) is 57.6 Å². The maximum Gasteiger partial charge on any atom is 0.0844 e. The quantitative estimate of drug-likeness (QED) is 0.585. The van der Waals surface area contributed by atoms with E-state index in [4.69, 9.17) is 0 Å². The average molecular weight is 463 g/mol. The zero-order chi connectivity index (χ0) is 15.0. The van der Waals surface area contributed by atoms with Gasteiger partial charge in [-0.15, -0.1) is 0 Å². The van der Waals surface area contributed by atoms with Crippen LogP contribution in [0.3, 0.4) is 0 Å². The van der Waals surface area contributed by atoms with Crippen molar-refractivity contribution in [3.05, 3.63) is 42.4 Å². The van der Waals surface area contributed by atoms with E-state index >= 15 is 0 Å². The molecule has 1 aliphatic heterocycles. The van der Waals surface area contributed by atoms with Crippen molar-refractivity contribution in [3.8, 4) is 0 Å². The summed E-state index contributed by atoms with van der Waals surface area (Å²) in [4.78, 5) is 9.06. The maximum absolute atomic E-state index is 4.60. The Morgan fingerprint density at radius 3 is 2.10 bits per heavy atom. The van der Waals surface area contributed by atoms with Crippen molar-refractivity contribution in [1.82, 2.24) is 4.98 Å². The van der Waals surface area contributed by atoms with Crippen molar-refractivity contribution in [2.24, 2.45) is 21.2 Å². The third kappa shape index (κ3) is 3.35. The summed E-state index contributed by atoms with van der Waals surface area (Å²) in [6.45, 7) is 13.9. The molecule has 1 radical (unpaired) electrons. The van der Waals surface area contributed by atoms with Crippen LogP contribution in [0.25, 0.3) is 0 Å². The molecule has 0 saturated carbocycles. The Morgan fingerprint density at radius 2 is 1.62 bits per heavy atom. The van der Waals surface area contributed by atoms with Gasteiger partial charge in [0.1, 0.15) is 0 Å². The molecule has 2 rings (SSSR count). The summed E-state index contributed by atoms with van der Waals surface area (Å²) in [6.07, 6.45) is 7.06. The van der Waals surface area contributed by atoms with Gasteiger partial charge in [-0.2, -0.15) is 0 Å². The van der Waals surface area contributed by atoms with E-state index in [1.165, 1.54) is 0 Å². The van der Waals surface area contributed by atoms with E-state index in [9.17, 15) is 0 Å². The molecular formula is C18H26IrN2. The second-order valence-corrected chi connectivity index (χ2v) is 7.75. The molecule has 2 nitrogen and oxygen atoms in total. The van der Waals surface area contributed by atoms with Crippen LogP contribution in [-0.4, -0.2) is 10.7 Å². The first-order valence-electron chi connectivity index (χ1n) is 7.33. The van der Waals surface area contributed by atoms with Gasteiger partial charge in [0.05, 0.1) is 11.4 Å². The van der Waals surface area contributed by atoms with Crippen LogP contribution in [0.2, 0.25) is 0 Å². The summed E-state index contributed by atoms with van der Waals surface area (Å²) in [5.41, 5.74) is 2.50. The Labute approximate surface area is 142 Å². The van der Waals surface area contributed by atoms with Crippen LogP contribution in [0.4, 0.5) is 0 Å². The molecule has 117 valence electrons. The number of aliphatic imine (C=N–C) groups is 1. The van der Waals surface area contributed by atoms with Crippen LogP contribution in [0.1, 0.15) is 53.7 Å². The molecule has 0 atom stereocenters. The number of nitrogens with zero attached hydrogens (tertiary/aromatic N) is 2. The average Bonchev–Trinajstić information content (AvgIpc) is 2.37. The Bertz CT molecular complexity index is 517. The fourth-order valence-electron chi connectivity index (χ4n) is 3.47. The Hall–Kier alpha value is -0.791. The fraction of sp³-hybridized carbons (Fsp3) is 0.556. The minimum absolute atomic E-state index is 0. The van der Waals surface area contributed by atoms with Gasteiger partial charge in [0.15, 0.2) is 0 Å². The van der Waals surface area contributed by atoms with E-state index < -0.39 is 0 Å². The van der Waals surface area contributed by atoms with Gasteiger partial charge < -0.3 is 0 Å². The molecule has 3 heteroatoms. The predicted octanol–water partition coefficient (Wildman–Crippen LogP) is 4.86.